The summed E-state index contributed by atoms with van der Waals surface area (Å²) < 4.78 is 7.25. The summed E-state index contributed by atoms with van der Waals surface area (Å²) in [4.78, 5) is 2.86. The number of nitrogens with zero attached hydrogens (tertiary/aromatic N) is 1. The van der Waals surface area contributed by atoms with E-state index in [0.29, 0.717) is 0 Å². The molecule has 0 spiro atoms. The smallest absolute Gasteiger partial charge is 0.123 e. The lowest BCUT2D eigenvalue weighted by Gasteiger charge is -1.96. The molecule has 3 aromatic heterocycles. The number of hydrogen-bond acceptors (Lipinski definition) is 1. The van der Waals surface area contributed by atoms with Crippen LogP contribution in [0.15, 0.2) is 71.9 Å². The highest BCUT2D eigenvalue weighted by Gasteiger charge is 1.93. The van der Waals surface area contributed by atoms with Crippen molar-refractivity contribution in [1.82, 2.24) is 9.55 Å². The lowest BCUT2D eigenvalue weighted by molar-refractivity contribution is 0.494. The molecule has 82 valence electrons. The van der Waals surface area contributed by atoms with Crippen LogP contribution in [0.5, 0.6) is 0 Å². The highest BCUT2D eigenvalue weighted by Crippen LogP contribution is 2.02. The van der Waals surface area contributed by atoms with E-state index in [1.807, 2.05) is 61.2 Å². The zero-order valence-electron chi connectivity index (χ0n) is 8.91. The summed E-state index contributed by atoms with van der Waals surface area (Å²) in [5.41, 5.74) is 0. The Morgan fingerprint density at radius 2 is 1.75 bits per heavy atom. The zero-order valence-corrected chi connectivity index (χ0v) is 8.91. The van der Waals surface area contributed by atoms with Gasteiger partial charge in [0.1, 0.15) is 5.76 Å². The highest BCUT2D eigenvalue weighted by molar-refractivity contribution is 5.01. The lowest BCUT2D eigenvalue weighted by atomic mass is 10.4. The van der Waals surface area contributed by atoms with Crippen molar-refractivity contribution in [2.24, 2.45) is 0 Å². The normalized spacial score (nSPS) is 9.50. The molecular formula is C13H14N2O. The average molecular weight is 214 g/mol. The van der Waals surface area contributed by atoms with Crippen molar-refractivity contribution in [3.8, 4) is 0 Å². The van der Waals surface area contributed by atoms with Crippen LogP contribution < -0.4 is 0 Å². The van der Waals surface area contributed by atoms with Gasteiger partial charge in [0.15, 0.2) is 0 Å². The van der Waals surface area contributed by atoms with Crippen molar-refractivity contribution in [3.63, 3.8) is 0 Å². The maximum Gasteiger partial charge on any atom is 0.123 e. The number of hydrogen-bond donors (Lipinski definition) is 1. The summed E-state index contributed by atoms with van der Waals surface area (Å²) in [6, 6.07) is 11.8. The van der Waals surface area contributed by atoms with Crippen molar-refractivity contribution >= 4 is 0 Å². The molecule has 0 aromatic carbocycles. The van der Waals surface area contributed by atoms with Gasteiger partial charge >= 0.3 is 0 Å². The molecule has 3 nitrogen and oxygen atoms in total. The van der Waals surface area contributed by atoms with Gasteiger partial charge in [0.25, 0.3) is 0 Å². The third-order valence-electron chi connectivity index (χ3n) is 2.08. The highest BCUT2D eigenvalue weighted by atomic mass is 16.3. The molecule has 0 atom stereocenters. The second-order valence-electron chi connectivity index (χ2n) is 3.32. The molecule has 0 aliphatic heterocycles. The van der Waals surface area contributed by atoms with Crippen LogP contribution >= 0.6 is 0 Å². The van der Waals surface area contributed by atoms with Crippen molar-refractivity contribution in [1.29, 1.82) is 0 Å². The van der Waals surface area contributed by atoms with Crippen LogP contribution in [0.2, 0.25) is 0 Å². The van der Waals surface area contributed by atoms with E-state index in [1.165, 1.54) is 0 Å². The minimum atomic E-state index is 0.819. The Morgan fingerprint density at radius 3 is 2.25 bits per heavy atom. The fourth-order valence-corrected chi connectivity index (χ4v) is 1.34. The molecule has 0 aliphatic rings. The molecule has 0 unspecified atom stereocenters. The molecule has 3 rings (SSSR count). The third kappa shape index (κ3) is 3.20. The summed E-state index contributed by atoms with van der Waals surface area (Å²) in [6.45, 7) is 0.819. The number of rotatable bonds is 2. The van der Waals surface area contributed by atoms with Crippen LogP contribution in [-0.4, -0.2) is 9.55 Å². The van der Waals surface area contributed by atoms with Gasteiger partial charge in [-0.05, 0) is 36.4 Å². The Hall–Kier alpha value is -2.16. The Morgan fingerprint density at radius 1 is 1.00 bits per heavy atom. The van der Waals surface area contributed by atoms with E-state index >= 15 is 0 Å². The first kappa shape index (κ1) is 10.4. The molecule has 0 saturated carbocycles. The van der Waals surface area contributed by atoms with Gasteiger partial charge in [0, 0.05) is 24.8 Å². The van der Waals surface area contributed by atoms with Crippen LogP contribution in [0.1, 0.15) is 5.76 Å². The van der Waals surface area contributed by atoms with Crippen molar-refractivity contribution in [3.05, 3.63) is 73.2 Å². The summed E-state index contributed by atoms with van der Waals surface area (Å²) in [5, 5.41) is 0. The van der Waals surface area contributed by atoms with Crippen molar-refractivity contribution in [2.45, 2.75) is 6.54 Å². The maximum atomic E-state index is 5.19. The Bertz CT molecular complexity index is 403. The molecule has 3 heteroatoms. The predicted octanol–water partition coefficient (Wildman–Crippen LogP) is 3.14. The second-order valence-corrected chi connectivity index (χ2v) is 3.32. The van der Waals surface area contributed by atoms with Gasteiger partial charge in [0.2, 0.25) is 0 Å². The Kier molecular flexibility index (Phi) is 3.66. The topological polar surface area (TPSA) is 33.9 Å². The van der Waals surface area contributed by atoms with Gasteiger partial charge in [-0.2, -0.15) is 0 Å². The van der Waals surface area contributed by atoms with Crippen LogP contribution in [0.25, 0.3) is 0 Å². The van der Waals surface area contributed by atoms with E-state index in [9.17, 15) is 0 Å². The van der Waals surface area contributed by atoms with Crippen molar-refractivity contribution < 1.29 is 4.42 Å². The summed E-state index contributed by atoms with van der Waals surface area (Å²) >= 11 is 0. The summed E-state index contributed by atoms with van der Waals surface area (Å²) in [7, 11) is 0. The van der Waals surface area contributed by atoms with Gasteiger partial charge in [-0.25, -0.2) is 0 Å². The van der Waals surface area contributed by atoms with Crippen LogP contribution in [0.4, 0.5) is 0 Å². The molecule has 0 aliphatic carbocycles. The monoisotopic (exact) mass is 214 g/mol. The number of H-pyrrole nitrogens is 1. The van der Waals surface area contributed by atoms with E-state index in [0.717, 1.165) is 12.3 Å². The zero-order chi connectivity index (χ0) is 11.1. The molecule has 1 N–H and O–H groups in total. The molecular weight excluding hydrogens is 200 g/mol. The van der Waals surface area contributed by atoms with Gasteiger partial charge in [-0.1, -0.05) is 0 Å². The van der Waals surface area contributed by atoms with E-state index in [1.54, 1.807) is 6.26 Å². The first-order valence-corrected chi connectivity index (χ1v) is 5.16. The van der Waals surface area contributed by atoms with E-state index in [4.69, 9.17) is 4.42 Å². The van der Waals surface area contributed by atoms with E-state index < -0.39 is 0 Å². The fourth-order valence-electron chi connectivity index (χ4n) is 1.34. The predicted molar refractivity (Wildman–Crippen MR) is 63.0 cm³/mol. The average Bonchev–Trinajstić information content (AvgIpc) is 3.05. The fraction of sp³-hybridized carbons (Fsp3) is 0.0769. The van der Waals surface area contributed by atoms with Crippen LogP contribution in [0.3, 0.4) is 0 Å². The number of aromatic amines is 1. The molecule has 3 heterocycles. The molecule has 0 bridgehead atoms. The molecule has 0 radical (unpaired) electrons. The number of aromatic nitrogens is 2. The van der Waals surface area contributed by atoms with Gasteiger partial charge in [0.05, 0.1) is 12.8 Å². The van der Waals surface area contributed by atoms with E-state index in [-0.39, 0.29) is 0 Å². The minimum absolute atomic E-state index is 0.819. The first-order valence-electron chi connectivity index (χ1n) is 5.16. The molecule has 0 amide bonds. The number of furan rings is 1. The van der Waals surface area contributed by atoms with Crippen LogP contribution in [0, 0.1) is 0 Å². The summed E-state index contributed by atoms with van der Waals surface area (Å²) in [6.07, 6.45) is 9.48. The molecule has 16 heavy (non-hydrogen) atoms. The van der Waals surface area contributed by atoms with Gasteiger partial charge < -0.3 is 14.0 Å². The second kappa shape index (κ2) is 5.66. The molecule has 3 aromatic rings. The molecule has 0 saturated heterocycles. The lowest BCUT2D eigenvalue weighted by Crippen LogP contribution is -1.93. The quantitative estimate of drug-likeness (QED) is 0.698. The first-order chi connectivity index (χ1) is 7.95. The molecule has 0 fully saturated rings. The Labute approximate surface area is 94.3 Å². The van der Waals surface area contributed by atoms with Crippen LogP contribution in [-0.2, 0) is 6.54 Å². The summed E-state index contributed by atoms with van der Waals surface area (Å²) in [5.74, 6) is 0.987. The van der Waals surface area contributed by atoms with Gasteiger partial charge in [-0.3, -0.25) is 0 Å². The van der Waals surface area contributed by atoms with Crippen molar-refractivity contribution in [2.75, 3.05) is 0 Å². The SMILES string of the molecule is c1cc[nH]c1.c1coc(Cn2cccc2)c1. The minimum Gasteiger partial charge on any atom is -0.467 e. The van der Waals surface area contributed by atoms with Gasteiger partial charge in [-0.15, -0.1) is 0 Å². The maximum absolute atomic E-state index is 5.19. The third-order valence-corrected chi connectivity index (χ3v) is 2.08. The largest absolute Gasteiger partial charge is 0.467 e. The standard InChI is InChI=1S/C9H9NO.C4H5N/c1-2-6-10(5-1)8-9-4-3-7-11-9;1-2-4-5-3-1/h1-7H,8H2;1-5H. The Balaban J connectivity index is 0.000000162. The van der Waals surface area contributed by atoms with E-state index in [2.05, 4.69) is 9.55 Å². The number of nitrogens with one attached hydrogen (secondary N) is 1.